The van der Waals surface area contributed by atoms with Gasteiger partial charge in [0.05, 0.1) is 11.1 Å². The van der Waals surface area contributed by atoms with E-state index in [1.165, 1.54) is 0 Å². The van der Waals surface area contributed by atoms with Gasteiger partial charge in [-0.05, 0) is 55.9 Å². The third-order valence-electron chi connectivity index (χ3n) is 6.45. The van der Waals surface area contributed by atoms with E-state index in [4.69, 9.17) is 9.26 Å². The SMILES string of the molecule is Cc1nc(CC2CCOC3(CCN(C(=O)c4ccc5ncccc5c4)CC3)C2)no1. The molecule has 0 saturated carbocycles. The molecular formula is C23H26N4O3. The zero-order valence-electron chi connectivity index (χ0n) is 17.2. The predicted molar refractivity (Wildman–Crippen MR) is 111 cm³/mol. The third kappa shape index (κ3) is 3.81. The maximum atomic E-state index is 13.1. The van der Waals surface area contributed by atoms with Crippen LogP contribution in [-0.4, -0.2) is 51.2 Å². The zero-order valence-corrected chi connectivity index (χ0v) is 17.2. The van der Waals surface area contributed by atoms with E-state index in [1.807, 2.05) is 42.2 Å². The number of hydrogen-bond donors (Lipinski definition) is 0. The lowest BCUT2D eigenvalue weighted by Gasteiger charge is -2.46. The molecule has 2 fully saturated rings. The van der Waals surface area contributed by atoms with Gasteiger partial charge in [-0.3, -0.25) is 9.78 Å². The lowest BCUT2D eigenvalue weighted by atomic mass is 9.78. The van der Waals surface area contributed by atoms with Gasteiger partial charge in [-0.25, -0.2) is 0 Å². The Morgan fingerprint density at radius 3 is 2.93 bits per heavy atom. The van der Waals surface area contributed by atoms with Crippen molar-refractivity contribution in [1.82, 2.24) is 20.0 Å². The van der Waals surface area contributed by atoms with Crippen LogP contribution in [0.4, 0.5) is 0 Å². The highest BCUT2D eigenvalue weighted by atomic mass is 16.5. The van der Waals surface area contributed by atoms with Gasteiger partial charge in [0.1, 0.15) is 0 Å². The van der Waals surface area contributed by atoms with Crippen LogP contribution in [0.2, 0.25) is 0 Å². The molecule has 3 aromatic rings. The molecule has 7 heteroatoms. The minimum atomic E-state index is -0.133. The first-order chi connectivity index (χ1) is 14.6. The summed E-state index contributed by atoms with van der Waals surface area (Å²) in [6, 6.07) is 9.62. The maximum Gasteiger partial charge on any atom is 0.253 e. The van der Waals surface area contributed by atoms with E-state index in [1.54, 1.807) is 6.20 Å². The number of rotatable bonds is 3. The topological polar surface area (TPSA) is 81.4 Å². The number of nitrogens with zero attached hydrogens (tertiary/aromatic N) is 4. The Bertz CT molecular complexity index is 1060. The summed E-state index contributed by atoms with van der Waals surface area (Å²) in [6.07, 6.45) is 6.35. The molecular weight excluding hydrogens is 380 g/mol. The van der Waals surface area contributed by atoms with Crippen LogP contribution in [0.3, 0.4) is 0 Å². The lowest BCUT2D eigenvalue weighted by Crippen LogP contribution is -2.51. The summed E-state index contributed by atoms with van der Waals surface area (Å²) in [4.78, 5) is 23.7. The Balaban J connectivity index is 1.23. The molecule has 30 heavy (non-hydrogen) atoms. The molecule has 2 aliphatic heterocycles. The fourth-order valence-electron chi connectivity index (χ4n) is 4.84. The number of aryl methyl sites for hydroxylation is 1. The molecule has 1 unspecified atom stereocenters. The molecule has 0 N–H and O–H groups in total. The van der Waals surface area contributed by atoms with Crippen molar-refractivity contribution in [1.29, 1.82) is 0 Å². The lowest BCUT2D eigenvalue weighted by molar-refractivity contribution is -0.123. The predicted octanol–water partition coefficient (Wildman–Crippen LogP) is 3.57. The summed E-state index contributed by atoms with van der Waals surface area (Å²) in [6.45, 7) is 4.02. The molecule has 1 atom stereocenters. The molecule has 5 rings (SSSR count). The van der Waals surface area contributed by atoms with Crippen molar-refractivity contribution in [3.05, 3.63) is 53.8 Å². The molecule has 2 aromatic heterocycles. The molecule has 4 heterocycles. The second-order valence-corrected chi connectivity index (χ2v) is 8.53. The molecule has 2 saturated heterocycles. The van der Waals surface area contributed by atoms with E-state index in [0.29, 0.717) is 11.8 Å². The average molecular weight is 406 g/mol. The van der Waals surface area contributed by atoms with Crippen LogP contribution in [0.25, 0.3) is 10.9 Å². The number of likely N-dealkylation sites (tertiary alicyclic amines) is 1. The Morgan fingerprint density at radius 1 is 1.27 bits per heavy atom. The molecule has 0 radical (unpaired) electrons. The molecule has 1 aromatic carbocycles. The van der Waals surface area contributed by atoms with Crippen molar-refractivity contribution in [2.45, 2.75) is 44.6 Å². The molecule has 2 aliphatic rings. The normalized spacial score (nSPS) is 21.2. The Hall–Kier alpha value is -2.80. The molecule has 1 amide bonds. The Kier molecular flexibility index (Phi) is 4.98. The number of amides is 1. The fraction of sp³-hybridized carbons (Fsp3) is 0.478. The second-order valence-electron chi connectivity index (χ2n) is 8.53. The van der Waals surface area contributed by atoms with Crippen molar-refractivity contribution in [3.8, 4) is 0 Å². The zero-order chi connectivity index (χ0) is 20.6. The van der Waals surface area contributed by atoms with E-state index in [2.05, 4.69) is 15.1 Å². The number of fused-ring (bicyclic) bond motifs is 1. The van der Waals surface area contributed by atoms with E-state index >= 15 is 0 Å². The van der Waals surface area contributed by atoms with Gasteiger partial charge in [0.15, 0.2) is 5.82 Å². The molecule has 0 aliphatic carbocycles. The number of carbonyl (C=O) groups excluding carboxylic acids is 1. The summed E-state index contributed by atoms with van der Waals surface area (Å²) in [5.74, 6) is 1.98. The first kappa shape index (κ1) is 19.2. The summed E-state index contributed by atoms with van der Waals surface area (Å²) in [5, 5.41) is 5.04. The van der Waals surface area contributed by atoms with Gasteiger partial charge in [-0.2, -0.15) is 4.98 Å². The number of piperidine rings is 1. The van der Waals surface area contributed by atoms with E-state index in [-0.39, 0.29) is 11.5 Å². The third-order valence-corrected chi connectivity index (χ3v) is 6.45. The molecule has 156 valence electrons. The van der Waals surface area contributed by atoms with Crippen molar-refractivity contribution in [2.75, 3.05) is 19.7 Å². The van der Waals surface area contributed by atoms with Crippen LogP contribution in [-0.2, 0) is 11.2 Å². The van der Waals surface area contributed by atoms with E-state index in [9.17, 15) is 4.79 Å². The quantitative estimate of drug-likeness (QED) is 0.661. The minimum absolute atomic E-state index is 0.0882. The van der Waals surface area contributed by atoms with Crippen LogP contribution in [0.1, 0.15) is 47.8 Å². The minimum Gasteiger partial charge on any atom is -0.375 e. The second kappa shape index (κ2) is 7.80. The number of hydrogen-bond acceptors (Lipinski definition) is 6. The number of benzene rings is 1. The van der Waals surface area contributed by atoms with Gasteiger partial charge in [0.25, 0.3) is 5.91 Å². The van der Waals surface area contributed by atoms with E-state index in [0.717, 1.165) is 74.1 Å². The van der Waals surface area contributed by atoms with Gasteiger partial charge in [-0.1, -0.05) is 11.2 Å². The van der Waals surface area contributed by atoms with Gasteiger partial charge >= 0.3 is 0 Å². The average Bonchev–Trinajstić information content (AvgIpc) is 3.18. The fourth-order valence-corrected chi connectivity index (χ4v) is 4.84. The van der Waals surface area contributed by atoms with Crippen LogP contribution in [0, 0.1) is 12.8 Å². The highest BCUT2D eigenvalue weighted by Gasteiger charge is 2.41. The maximum absolute atomic E-state index is 13.1. The smallest absolute Gasteiger partial charge is 0.253 e. The van der Waals surface area contributed by atoms with E-state index < -0.39 is 0 Å². The van der Waals surface area contributed by atoms with Crippen LogP contribution in [0.15, 0.2) is 41.1 Å². The summed E-state index contributed by atoms with van der Waals surface area (Å²) in [7, 11) is 0. The van der Waals surface area contributed by atoms with Gasteiger partial charge in [0, 0.05) is 50.2 Å². The molecule has 0 bridgehead atoms. The van der Waals surface area contributed by atoms with Crippen LogP contribution >= 0.6 is 0 Å². The number of aromatic nitrogens is 3. The van der Waals surface area contributed by atoms with Gasteiger partial charge < -0.3 is 14.2 Å². The monoisotopic (exact) mass is 406 g/mol. The number of carbonyl (C=O) groups is 1. The van der Waals surface area contributed by atoms with Crippen molar-refractivity contribution < 1.29 is 14.1 Å². The first-order valence-corrected chi connectivity index (χ1v) is 10.7. The standard InChI is InChI=1S/C23H26N4O3/c1-16-25-21(26-30-16)13-17-6-12-29-23(15-17)7-10-27(11-8-23)22(28)19-4-5-20-18(14-19)3-2-9-24-20/h2-5,9,14,17H,6-8,10-13,15H2,1H3. The van der Waals surface area contributed by atoms with Crippen LogP contribution in [0.5, 0.6) is 0 Å². The van der Waals surface area contributed by atoms with Crippen molar-refractivity contribution >= 4 is 16.8 Å². The molecule has 7 nitrogen and oxygen atoms in total. The van der Waals surface area contributed by atoms with Gasteiger partial charge in [0.2, 0.25) is 5.89 Å². The highest BCUT2D eigenvalue weighted by molar-refractivity contribution is 5.98. The summed E-state index contributed by atoms with van der Waals surface area (Å²) < 4.78 is 11.4. The Labute approximate surface area is 175 Å². The molecule has 1 spiro atoms. The Morgan fingerprint density at radius 2 is 2.13 bits per heavy atom. The summed E-state index contributed by atoms with van der Waals surface area (Å²) >= 11 is 0. The van der Waals surface area contributed by atoms with Crippen molar-refractivity contribution in [3.63, 3.8) is 0 Å². The van der Waals surface area contributed by atoms with Crippen molar-refractivity contribution in [2.24, 2.45) is 5.92 Å². The first-order valence-electron chi connectivity index (χ1n) is 10.7. The van der Waals surface area contributed by atoms with Crippen LogP contribution < -0.4 is 0 Å². The summed E-state index contributed by atoms with van der Waals surface area (Å²) in [5.41, 5.74) is 1.50. The number of ether oxygens (including phenoxy) is 1. The largest absolute Gasteiger partial charge is 0.375 e. The highest BCUT2D eigenvalue weighted by Crippen LogP contribution is 2.39. The van der Waals surface area contributed by atoms with Gasteiger partial charge in [-0.15, -0.1) is 0 Å². The number of pyridine rings is 1.